The number of rotatable bonds is 3. The van der Waals surface area contributed by atoms with E-state index < -0.39 is 0 Å². The number of hydrogen-bond acceptors (Lipinski definition) is 3. The molecule has 0 atom stereocenters. The number of amides is 1. The van der Waals surface area contributed by atoms with Crippen molar-refractivity contribution in [3.63, 3.8) is 0 Å². The summed E-state index contributed by atoms with van der Waals surface area (Å²) in [6.45, 7) is 0. The summed E-state index contributed by atoms with van der Waals surface area (Å²) in [7, 11) is 0. The molecule has 0 aliphatic rings. The van der Waals surface area contributed by atoms with Gasteiger partial charge in [-0.15, -0.1) is 0 Å². The molecule has 0 saturated carbocycles. The maximum atomic E-state index is 13.0. The molecule has 0 bridgehead atoms. The van der Waals surface area contributed by atoms with Crippen molar-refractivity contribution in [2.75, 3.05) is 5.32 Å². The van der Waals surface area contributed by atoms with Crippen molar-refractivity contribution in [1.29, 1.82) is 0 Å². The molecule has 4 aromatic carbocycles. The third kappa shape index (κ3) is 3.81. The minimum absolute atomic E-state index is 0.198. The largest absolute Gasteiger partial charge is 0.436 e. The van der Waals surface area contributed by atoms with Gasteiger partial charge in [-0.3, -0.25) is 4.79 Å². The second kappa shape index (κ2) is 8.00. The van der Waals surface area contributed by atoms with Crippen molar-refractivity contribution < 1.29 is 9.21 Å². The zero-order chi connectivity index (χ0) is 21.5. The molecule has 1 heterocycles. The molecule has 0 radical (unpaired) electrons. The number of oxazole rings is 1. The number of benzene rings is 4. The third-order valence-corrected chi connectivity index (χ3v) is 6.36. The van der Waals surface area contributed by atoms with Crippen LogP contribution in [0, 0.1) is 0 Å². The lowest BCUT2D eigenvalue weighted by molar-refractivity contribution is 0.102. The van der Waals surface area contributed by atoms with Crippen LogP contribution in [0.4, 0.5) is 5.69 Å². The number of carbonyl (C=O) groups excluding carboxylic acids is 1. The first-order valence-corrected chi connectivity index (χ1v) is 10.9. The molecule has 0 aliphatic carbocycles. The quantitative estimate of drug-likeness (QED) is 0.267. The first-order valence-electron chi connectivity index (χ1n) is 9.34. The molecule has 5 aromatic rings. The van der Waals surface area contributed by atoms with E-state index in [0.29, 0.717) is 38.3 Å². The number of anilines is 1. The number of carbonyl (C=O) groups is 1. The van der Waals surface area contributed by atoms with Crippen molar-refractivity contribution >= 4 is 72.6 Å². The van der Waals surface area contributed by atoms with Gasteiger partial charge in [0.25, 0.3) is 5.91 Å². The molecule has 4 nitrogen and oxygen atoms in total. The molecule has 5 rings (SSSR count). The first kappa shape index (κ1) is 20.1. The van der Waals surface area contributed by atoms with Crippen molar-refractivity contribution in [1.82, 2.24) is 4.98 Å². The van der Waals surface area contributed by atoms with Crippen LogP contribution in [0.15, 0.2) is 81.7 Å². The Bertz CT molecular complexity index is 1480. The van der Waals surface area contributed by atoms with Crippen LogP contribution in [0.5, 0.6) is 0 Å². The molecule has 1 amide bonds. The van der Waals surface area contributed by atoms with Crippen molar-refractivity contribution in [2.45, 2.75) is 0 Å². The van der Waals surface area contributed by atoms with E-state index in [0.717, 1.165) is 20.8 Å². The Morgan fingerprint density at radius 3 is 2.55 bits per heavy atom. The number of nitrogens with one attached hydrogen (secondary N) is 1. The monoisotopic (exact) mass is 510 g/mol. The normalized spacial score (nSPS) is 11.2. The van der Waals surface area contributed by atoms with E-state index in [9.17, 15) is 4.79 Å². The van der Waals surface area contributed by atoms with Crippen LogP contribution in [-0.4, -0.2) is 10.9 Å². The molecule has 152 valence electrons. The van der Waals surface area contributed by atoms with Crippen LogP contribution in [0.3, 0.4) is 0 Å². The summed E-state index contributed by atoms with van der Waals surface area (Å²) in [5, 5.41) is 5.70. The predicted octanol–water partition coefficient (Wildman–Crippen LogP) is 7.97. The Morgan fingerprint density at radius 2 is 1.71 bits per heavy atom. The van der Waals surface area contributed by atoms with Gasteiger partial charge in [0.2, 0.25) is 5.89 Å². The van der Waals surface area contributed by atoms with Crippen LogP contribution in [0.2, 0.25) is 10.0 Å². The number of nitrogens with zero attached hydrogens (tertiary/aromatic N) is 1. The van der Waals surface area contributed by atoms with E-state index in [-0.39, 0.29) is 5.91 Å². The summed E-state index contributed by atoms with van der Waals surface area (Å²) < 4.78 is 6.78. The Balaban J connectivity index is 1.47. The van der Waals surface area contributed by atoms with Gasteiger partial charge in [0, 0.05) is 21.3 Å². The van der Waals surface area contributed by atoms with E-state index >= 15 is 0 Å². The van der Waals surface area contributed by atoms with Gasteiger partial charge >= 0.3 is 0 Å². The summed E-state index contributed by atoms with van der Waals surface area (Å²) in [6, 6.07) is 22.0. The molecule has 31 heavy (non-hydrogen) atoms. The minimum Gasteiger partial charge on any atom is -0.436 e. The summed E-state index contributed by atoms with van der Waals surface area (Å²) >= 11 is 15.6. The Kier molecular flexibility index (Phi) is 5.18. The number of hydrogen-bond donors (Lipinski definition) is 1. The van der Waals surface area contributed by atoms with Crippen LogP contribution < -0.4 is 5.32 Å². The number of halogens is 3. The number of fused-ring (bicyclic) bond motifs is 2. The van der Waals surface area contributed by atoms with Gasteiger partial charge in [0.1, 0.15) is 5.52 Å². The maximum absolute atomic E-state index is 13.0. The lowest BCUT2D eigenvalue weighted by Gasteiger charge is -2.09. The third-order valence-electron chi connectivity index (χ3n) is 4.93. The molecule has 0 aliphatic heterocycles. The topological polar surface area (TPSA) is 55.1 Å². The highest BCUT2D eigenvalue weighted by atomic mass is 79.9. The first-order chi connectivity index (χ1) is 15.0. The second-order valence-corrected chi connectivity index (χ2v) is 8.59. The summed E-state index contributed by atoms with van der Waals surface area (Å²) in [6.07, 6.45) is 0. The van der Waals surface area contributed by atoms with Gasteiger partial charge in [-0.05, 0) is 59.3 Å². The standard InChI is InChI=1S/C24H13BrCl2N2O2/c25-18-6-2-3-15-16(18)4-1-5-17(15)23(30)28-14-8-10-22-21(12-14)29-24(31-22)13-7-9-19(26)20(27)11-13/h1-12H,(H,28,30). The molecule has 0 unspecified atom stereocenters. The van der Waals surface area contributed by atoms with Crippen LogP contribution >= 0.6 is 39.1 Å². The molecular formula is C24H13BrCl2N2O2. The van der Waals surface area contributed by atoms with E-state index in [4.69, 9.17) is 27.6 Å². The van der Waals surface area contributed by atoms with E-state index in [1.54, 1.807) is 42.5 Å². The van der Waals surface area contributed by atoms with Gasteiger partial charge in [-0.1, -0.05) is 63.4 Å². The van der Waals surface area contributed by atoms with Gasteiger partial charge in [-0.25, -0.2) is 4.98 Å². The average Bonchev–Trinajstić information content (AvgIpc) is 3.19. The minimum atomic E-state index is -0.198. The van der Waals surface area contributed by atoms with Crippen molar-refractivity contribution in [2.24, 2.45) is 0 Å². The lowest BCUT2D eigenvalue weighted by Crippen LogP contribution is -2.12. The fourth-order valence-corrected chi connectivity index (χ4v) is 4.22. The fraction of sp³-hybridized carbons (Fsp3) is 0. The van der Waals surface area contributed by atoms with Gasteiger partial charge in [-0.2, -0.15) is 0 Å². The van der Waals surface area contributed by atoms with Crippen LogP contribution in [-0.2, 0) is 0 Å². The van der Waals surface area contributed by atoms with Crippen molar-refractivity contribution in [3.8, 4) is 11.5 Å². The maximum Gasteiger partial charge on any atom is 0.256 e. The highest BCUT2D eigenvalue weighted by Gasteiger charge is 2.14. The Hall–Kier alpha value is -2.86. The zero-order valence-corrected chi connectivity index (χ0v) is 18.9. The molecule has 0 fully saturated rings. The SMILES string of the molecule is O=C(Nc1ccc2oc(-c3ccc(Cl)c(Cl)c3)nc2c1)c1cccc2c(Br)cccc12. The Morgan fingerprint density at radius 1 is 0.903 bits per heavy atom. The average molecular weight is 512 g/mol. The van der Waals surface area contributed by atoms with Crippen LogP contribution in [0.1, 0.15) is 10.4 Å². The lowest BCUT2D eigenvalue weighted by atomic mass is 10.0. The van der Waals surface area contributed by atoms with Gasteiger partial charge in [0.05, 0.1) is 10.0 Å². The molecular weight excluding hydrogens is 499 g/mol. The molecule has 1 N–H and O–H groups in total. The summed E-state index contributed by atoms with van der Waals surface area (Å²) in [5.41, 5.74) is 3.17. The van der Waals surface area contributed by atoms with E-state index in [1.165, 1.54) is 0 Å². The fourth-order valence-electron chi connectivity index (χ4n) is 3.43. The molecule has 0 saturated heterocycles. The number of aromatic nitrogens is 1. The molecule has 0 spiro atoms. The smallest absolute Gasteiger partial charge is 0.256 e. The summed E-state index contributed by atoms with van der Waals surface area (Å²) in [5.74, 6) is 0.229. The zero-order valence-electron chi connectivity index (χ0n) is 15.8. The van der Waals surface area contributed by atoms with E-state index in [2.05, 4.69) is 26.2 Å². The Labute approximate surface area is 195 Å². The van der Waals surface area contributed by atoms with Gasteiger partial charge in [0.15, 0.2) is 5.58 Å². The predicted molar refractivity (Wildman–Crippen MR) is 129 cm³/mol. The van der Waals surface area contributed by atoms with Crippen LogP contribution in [0.25, 0.3) is 33.3 Å². The molecule has 1 aromatic heterocycles. The highest BCUT2D eigenvalue weighted by Crippen LogP contribution is 2.31. The highest BCUT2D eigenvalue weighted by molar-refractivity contribution is 9.10. The van der Waals surface area contributed by atoms with Crippen molar-refractivity contribution in [3.05, 3.63) is 92.9 Å². The van der Waals surface area contributed by atoms with E-state index in [1.807, 2.05) is 30.3 Å². The molecule has 7 heteroatoms. The summed E-state index contributed by atoms with van der Waals surface area (Å²) in [4.78, 5) is 17.5. The second-order valence-electron chi connectivity index (χ2n) is 6.93. The van der Waals surface area contributed by atoms with Gasteiger partial charge < -0.3 is 9.73 Å².